The third kappa shape index (κ3) is 3.76. The molecule has 0 spiro atoms. The van der Waals surface area contributed by atoms with Gasteiger partial charge in [-0.25, -0.2) is 0 Å². The number of aliphatic hydroxyl groups is 1. The summed E-state index contributed by atoms with van der Waals surface area (Å²) in [6.07, 6.45) is 0.618. The second-order valence-electron chi connectivity index (χ2n) is 6.63. The highest BCUT2D eigenvalue weighted by molar-refractivity contribution is 5.03. The van der Waals surface area contributed by atoms with Crippen LogP contribution in [0.3, 0.4) is 0 Å². The summed E-state index contributed by atoms with van der Waals surface area (Å²) in [4.78, 5) is 4.25. The molecule has 0 aromatic carbocycles. The number of hydrogen-bond donors (Lipinski definition) is 2. The first-order valence-electron chi connectivity index (χ1n) is 8.12. The maximum absolute atomic E-state index is 10.9. The van der Waals surface area contributed by atoms with Crippen LogP contribution in [0.15, 0.2) is 22.8 Å². The minimum Gasteiger partial charge on any atom is -0.468 e. The van der Waals surface area contributed by atoms with Crippen molar-refractivity contribution in [3.63, 3.8) is 0 Å². The molecule has 3 rings (SSSR count). The monoisotopic (exact) mass is 325 g/mol. The highest BCUT2D eigenvalue weighted by atomic mass is 16.7. The van der Waals surface area contributed by atoms with Crippen molar-refractivity contribution < 1.29 is 19.0 Å². The number of fused-ring (bicyclic) bond motifs is 2. The molecule has 5 atom stereocenters. The van der Waals surface area contributed by atoms with Gasteiger partial charge in [0.2, 0.25) is 0 Å². The highest BCUT2D eigenvalue weighted by Crippen LogP contribution is 2.31. The lowest BCUT2D eigenvalue weighted by Gasteiger charge is -2.43. The molecule has 0 amide bonds. The molecule has 0 unspecified atom stereocenters. The van der Waals surface area contributed by atoms with E-state index in [0.717, 1.165) is 18.8 Å². The summed E-state index contributed by atoms with van der Waals surface area (Å²) in [6.45, 7) is 2.83. The van der Waals surface area contributed by atoms with E-state index in [-0.39, 0.29) is 24.5 Å². The number of rotatable bonds is 7. The maximum atomic E-state index is 10.9. The standard InChI is InChI=1S/C16H27N3O4/c1-18(2)6-7-19(3)14-15(20)13(12-10-22-16(14)23-12)17-9-11-5-4-8-21-11/h4-5,8,12-17,20H,6-7,9-10H2,1-3H3/t12-,13+,14-,15-,16+/m0/s1. The van der Waals surface area contributed by atoms with Gasteiger partial charge in [0.05, 0.1) is 37.6 Å². The molecule has 0 aliphatic carbocycles. The Morgan fingerprint density at radius 3 is 2.83 bits per heavy atom. The average molecular weight is 325 g/mol. The van der Waals surface area contributed by atoms with Gasteiger partial charge in [0.1, 0.15) is 11.9 Å². The van der Waals surface area contributed by atoms with Crippen LogP contribution in [-0.2, 0) is 16.0 Å². The molecule has 130 valence electrons. The third-order valence-electron chi connectivity index (χ3n) is 4.63. The third-order valence-corrected chi connectivity index (χ3v) is 4.63. The van der Waals surface area contributed by atoms with Crippen molar-refractivity contribution in [1.82, 2.24) is 15.1 Å². The molecule has 2 fully saturated rings. The SMILES string of the molecule is CN(C)CCN(C)[C@@H]1[C@@H]2OC[C@H](O2)[C@@H](NCc2ccco2)[C@@H]1O. The summed E-state index contributed by atoms with van der Waals surface area (Å²) in [5.41, 5.74) is 0. The summed E-state index contributed by atoms with van der Waals surface area (Å²) in [5.74, 6) is 0.843. The van der Waals surface area contributed by atoms with Crippen molar-refractivity contribution in [3.8, 4) is 0 Å². The van der Waals surface area contributed by atoms with E-state index in [1.165, 1.54) is 0 Å². The van der Waals surface area contributed by atoms with Crippen molar-refractivity contribution in [3.05, 3.63) is 24.2 Å². The van der Waals surface area contributed by atoms with Crippen LogP contribution < -0.4 is 5.32 Å². The predicted molar refractivity (Wildman–Crippen MR) is 84.9 cm³/mol. The Balaban J connectivity index is 1.63. The summed E-state index contributed by atoms with van der Waals surface area (Å²) < 4.78 is 17.1. The molecule has 7 heteroatoms. The molecular formula is C16H27N3O4. The number of nitrogens with zero attached hydrogens (tertiary/aromatic N) is 2. The van der Waals surface area contributed by atoms with Crippen molar-refractivity contribution in [1.29, 1.82) is 0 Å². The summed E-state index contributed by atoms with van der Waals surface area (Å²) in [7, 11) is 6.08. The summed E-state index contributed by atoms with van der Waals surface area (Å²) in [6, 6.07) is 3.42. The number of aliphatic hydroxyl groups excluding tert-OH is 1. The normalized spacial score (nSPS) is 33.7. The van der Waals surface area contributed by atoms with Gasteiger partial charge in [0, 0.05) is 13.1 Å². The number of nitrogens with one attached hydrogen (secondary N) is 1. The summed E-state index contributed by atoms with van der Waals surface area (Å²) in [5, 5.41) is 14.2. The van der Waals surface area contributed by atoms with Gasteiger partial charge in [-0.1, -0.05) is 0 Å². The first-order chi connectivity index (χ1) is 11.1. The van der Waals surface area contributed by atoms with Crippen LogP contribution in [0.5, 0.6) is 0 Å². The van der Waals surface area contributed by atoms with E-state index >= 15 is 0 Å². The number of furan rings is 1. The Labute approximate surface area is 137 Å². The number of hydrogen-bond acceptors (Lipinski definition) is 7. The molecule has 0 radical (unpaired) electrons. The largest absolute Gasteiger partial charge is 0.468 e. The van der Waals surface area contributed by atoms with Gasteiger partial charge in [-0.3, -0.25) is 4.90 Å². The van der Waals surface area contributed by atoms with Crippen molar-refractivity contribution in [2.75, 3.05) is 40.8 Å². The summed E-state index contributed by atoms with van der Waals surface area (Å²) >= 11 is 0. The zero-order valence-electron chi connectivity index (χ0n) is 14.0. The van der Waals surface area contributed by atoms with Crippen LogP contribution in [-0.4, -0.2) is 86.3 Å². The average Bonchev–Trinajstić information content (AvgIpc) is 3.16. The Hall–Kier alpha value is -0.960. The van der Waals surface area contributed by atoms with Crippen LogP contribution in [0, 0.1) is 0 Å². The molecule has 2 N–H and O–H groups in total. The van der Waals surface area contributed by atoms with Gasteiger partial charge in [0.15, 0.2) is 6.29 Å². The fourth-order valence-corrected chi connectivity index (χ4v) is 3.26. The van der Waals surface area contributed by atoms with Crippen molar-refractivity contribution in [2.45, 2.75) is 37.1 Å². The second kappa shape index (κ2) is 7.29. The van der Waals surface area contributed by atoms with Gasteiger partial charge in [-0.2, -0.15) is 0 Å². The lowest BCUT2D eigenvalue weighted by Crippen LogP contribution is -2.64. The van der Waals surface area contributed by atoms with Crippen LogP contribution >= 0.6 is 0 Å². The lowest BCUT2D eigenvalue weighted by atomic mass is 9.95. The van der Waals surface area contributed by atoms with E-state index in [4.69, 9.17) is 13.9 Å². The van der Waals surface area contributed by atoms with Gasteiger partial charge in [0.25, 0.3) is 0 Å². The molecule has 3 heterocycles. The molecule has 2 saturated heterocycles. The second-order valence-corrected chi connectivity index (χ2v) is 6.63. The maximum Gasteiger partial charge on any atom is 0.176 e. The van der Waals surface area contributed by atoms with Crippen LogP contribution in [0.4, 0.5) is 0 Å². The lowest BCUT2D eigenvalue weighted by molar-refractivity contribution is -0.179. The van der Waals surface area contributed by atoms with Crippen molar-refractivity contribution in [2.24, 2.45) is 0 Å². The molecule has 2 bridgehead atoms. The van der Waals surface area contributed by atoms with E-state index in [0.29, 0.717) is 13.2 Å². The minimum absolute atomic E-state index is 0.122. The van der Waals surface area contributed by atoms with Gasteiger partial charge < -0.3 is 29.2 Å². The molecule has 0 saturated carbocycles. The zero-order chi connectivity index (χ0) is 16.4. The Morgan fingerprint density at radius 2 is 2.13 bits per heavy atom. The molecular weight excluding hydrogens is 298 g/mol. The molecule has 7 nitrogen and oxygen atoms in total. The smallest absolute Gasteiger partial charge is 0.176 e. The van der Waals surface area contributed by atoms with Gasteiger partial charge in [-0.05, 0) is 33.3 Å². The van der Waals surface area contributed by atoms with E-state index in [9.17, 15) is 5.11 Å². The fourth-order valence-electron chi connectivity index (χ4n) is 3.26. The first-order valence-corrected chi connectivity index (χ1v) is 8.12. The predicted octanol–water partition coefficient (Wildman–Crippen LogP) is -0.284. The van der Waals surface area contributed by atoms with Crippen LogP contribution in [0.2, 0.25) is 0 Å². The number of ether oxygens (including phenoxy) is 2. The van der Waals surface area contributed by atoms with Crippen LogP contribution in [0.1, 0.15) is 5.76 Å². The molecule has 2 aliphatic heterocycles. The number of likely N-dealkylation sites (N-methyl/N-ethyl adjacent to an activating group) is 2. The Morgan fingerprint density at radius 1 is 1.30 bits per heavy atom. The Kier molecular flexibility index (Phi) is 5.35. The molecule has 23 heavy (non-hydrogen) atoms. The zero-order valence-corrected chi connectivity index (χ0v) is 14.0. The Bertz CT molecular complexity index is 482. The molecule has 1 aromatic heterocycles. The van der Waals surface area contributed by atoms with Gasteiger partial charge >= 0.3 is 0 Å². The quantitative estimate of drug-likeness (QED) is 0.714. The van der Waals surface area contributed by atoms with Crippen molar-refractivity contribution >= 4 is 0 Å². The van der Waals surface area contributed by atoms with E-state index in [1.807, 2.05) is 33.3 Å². The first kappa shape index (κ1) is 16.9. The minimum atomic E-state index is -0.552. The van der Waals surface area contributed by atoms with E-state index in [1.54, 1.807) is 6.26 Å². The van der Waals surface area contributed by atoms with E-state index < -0.39 is 6.10 Å². The fraction of sp³-hybridized carbons (Fsp3) is 0.750. The van der Waals surface area contributed by atoms with Crippen LogP contribution in [0.25, 0.3) is 0 Å². The highest BCUT2D eigenvalue weighted by Gasteiger charge is 2.51. The topological polar surface area (TPSA) is 70.3 Å². The molecule has 2 aliphatic rings. The van der Waals surface area contributed by atoms with E-state index in [2.05, 4.69) is 15.1 Å². The van der Waals surface area contributed by atoms with Gasteiger partial charge in [-0.15, -0.1) is 0 Å². The molecule has 1 aromatic rings.